The Morgan fingerprint density at radius 1 is 1.24 bits per heavy atom. The third-order valence-electron chi connectivity index (χ3n) is 3.04. The van der Waals surface area contributed by atoms with Crippen molar-refractivity contribution >= 4 is 22.3 Å². The zero-order valence-corrected chi connectivity index (χ0v) is 12.5. The number of nitrogens with zero attached hydrogens (tertiary/aromatic N) is 3. The summed E-state index contributed by atoms with van der Waals surface area (Å²) in [6.45, 7) is 0.635. The van der Waals surface area contributed by atoms with Gasteiger partial charge in [0.05, 0.1) is 5.69 Å². The standard InChI is InChI=1S/C14H15N3O3S/c1-16(12-5-8-14(15-9-12)17(18)19)10-11-3-6-13(7-4-11)21(2)20/h3-9H,10H2,1-2H3. The predicted molar refractivity (Wildman–Crippen MR) is 81.8 cm³/mol. The van der Waals surface area contributed by atoms with Crippen molar-refractivity contribution in [3.05, 3.63) is 58.3 Å². The number of hydrogen-bond donors (Lipinski definition) is 0. The molecule has 21 heavy (non-hydrogen) atoms. The van der Waals surface area contributed by atoms with Gasteiger partial charge in [-0.25, -0.2) is 0 Å². The van der Waals surface area contributed by atoms with Crippen LogP contribution in [0.15, 0.2) is 47.5 Å². The van der Waals surface area contributed by atoms with Gasteiger partial charge in [0.1, 0.15) is 0 Å². The lowest BCUT2D eigenvalue weighted by Crippen LogP contribution is -2.16. The number of pyridine rings is 1. The molecule has 0 radical (unpaired) electrons. The molecule has 1 aromatic carbocycles. The van der Waals surface area contributed by atoms with Crippen LogP contribution < -0.4 is 4.90 Å². The zero-order valence-electron chi connectivity index (χ0n) is 11.7. The Morgan fingerprint density at radius 3 is 2.38 bits per heavy atom. The predicted octanol–water partition coefficient (Wildman–Crippen LogP) is 2.36. The van der Waals surface area contributed by atoms with Crippen LogP contribution >= 0.6 is 0 Å². The van der Waals surface area contributed by atoms with E-state index in [0.717, 1.165) is 16.1 Å². The average Bonchev–Trinajstić information content (AvgIpc) is 2.47. The third-order valence-corrected chi connectivity index (χ3v) is 3.97. The highest BCUT2D eigenvalue weighted by Gasteiger charge is 2.09. The SMILES string of the molecule is CN(Cc1ccc(S(C)=O)cc1)c1ccc([N+](=O)[O-])nc1. The summed E-state index contributed by atoms with van der Waals surface area (Å²) in [5.41, 5.74) is 1.86. The highest BCUT2D eigenvalue weighted by molar-refractivity contribution is 7.84. The smallest absolute Gasteiger partial charge is 0.363 e. The van der Waals surface area contributed by atoms with Crippen molar-refractivity contribution in [2.75, 3.05) is 18.2 Å². The number of rotatable bonds is 5. The van der Waals surface area contributed by atoms with E-state index in [2.05, 4.69) is 4.98 Å². The average molecular weight is 305 g/mol. The van der Waals surface area contributed by atoms with E-state index in [0.29, 0.717) is 6.54 Å². The molecule has 0 amide bonds. The summed E-state index contributed by atoms with van der Waals surface area (Å²) in [6, 6.07) is 10.6. The Morgan fingerprint density at radius 2 is 1.90 bits per heavy atom. The van der Waals surface area contributed by atoms with E-state index in [-0.39, 0.29) is 5.82 Å². The van der Waals surface area contributed by atoms with Crippen molar-refractivity contribution in [2.24, 2.45) is 0 Å². The molecule has 6 nitrogen and oxygen atoms in total. The molecule has 0 aliphatic rings. The molecule has 2 aromatic rings. The minimum atomic E-state index is -0.981. The van der Waals surface area contributed by atoms with Crippen LogP contribution in [0, 0.1) is 10.1 Å². The maximum absolute atomic E-state index is 11.3. The van der Waals surface area contributed by atoms with E-state index >= 15 is 0 Å². The molecule has 110 valence electrons. The fourth-order valence-corrected chi connectivity index (χ4v) is 2.38. The second-order valence-electron chi connectivity index (χ2n) is 4.59. The molecular weight excluding hydrogens is 290 g/mol. The van der Waals surface area contributed by atoms with Gasteiger partial charge in [-0.1, -0.05) is 12.1 Å². The lowest BCUT2D eigenvalue weighted by atomic mass is 10.2. The van der Waals surface area contributed by atoms with Gasteiger partial charge in [0.15, 0.2) is 6.20 Å². The van der Waals surface area contributed by atoms with Crippen molar-refractivity contribution in [1.29, 1.82) is 0 Å². The molecule has 7 heteroatoms. The first kappa shape index (κ1) is 15.1. The Labute approximate surface area is 125 Å². The van der Waals surface area contributed by atoms with Crippen LogP contribution in [0.4, 0.5) is 11.5 Å². The molecule has 1 atom stereocenters. The normalized spacial score (nSPS) is 11.9. The number of anilines is 1. The summed E-state index contributed by atoms with van der Waals surface area (Å²) >= 11 is 0. The summed E-state index contributed by atoms with van der Waals surface area (Å²) < 4.78 is 11.3. The van der Waals surface area contributed by atoms with Gasteiger partial charge >= 0.3 is 5.82 Å². The van der Waals surface area contributed by atoms with Gasteiger partial charge < -0.3 is 15.0 Å². The Bertz CT molecular complexity index is 656. The van der Waals surface area contributed by atoms with E-state index in [1.807, 2.05) is 36.2 Å². The first-order valence-electron chi connectivity index (χ1n) is 6.21. The maximum atomic E-state index is 11.3. The fourth-order valence-electron chi connectivity index (χ4n) is 1.86. The van der Waals surface area contributed by atoms with Crippen LogP contribution in [0.25, 0.3) is 0 Å². The van der Waals surface area contributed by atoms with Crippen LogP contribution in [0.3, 0.4) is 0 Å². The van der Waals surface area contributed by atoms with E-state index in [1.165, 1.54) is 12.3 Å². The highest BCUT2D eigenvalue weighted by Crippen LogP contribution is 2.17. The molecular formula is C14H15N3O3S. The first-order chi connectivity index (χ1) is 9.97. The number of nitro groups is 1. The van der Waals surface area contributed by atoms with Crippen molar-refractivity contribution in [3.8, 4) is 0 Å². The van der Waals surface area contributed by atoms with Crippen molar-refractivity contribution in [1.82, 2.24) is 4.98 Å². The molecule has 0 N–H and O–H groups in total. The van der Waals surface area contributed by atoms with Gasteiger partial charge in [0, 0.05) is 41.6 Å². The van der Waals surface area contributed by atoms with E-state index in [1.54, 1.807) is 12.3 Å². The molecule has 0 fully saturated rings. The van der Waals surface area contributed by atoms with Gasteiger partial charge in [0.25, 0.3) is 0 Å². The van der Waals surface area contributed by atoms with Gasteiger partial charge in [-0.15, -0.1) is 0 Å². The summed E-state index contributed by atoms with van der Waals surface area (Å²) in [5, 5.41) is 10.6. The molecule has 1 aromatic heterocycles. The van der Waals surface area contributed by atoms with Crippen molar-refractivity contribution in [3.63, 3.8) is 0 Å². The van der Waals surface area contributed by atoms with Gasteiger partial charge in [-0.3, -0.25) is 4.21 Å². The Hall–Kier alpha value is -2.28. The lowest BCUT2D eigenvalue weighted by molar-refractivity contribution is -0.389. The highest BCUT2D eigenvalue weighted by atomic mass is 32.2. The molecule has 1 unspecified atom stereocenters. The van der Waals surface area contributed by atoms with Gasteiger partial charge in [-0.2, -0.15) is 0 Å². The fraction of sp³-hybridized carbons (Fsp3) is 0.214. The summed E-state index contributed by atoms with van der Waals surface area (Å²) in [7, 11) is 0.903. The molecule has 1 heterocycles. The van der Waals surface area contributed by atoms with Crippen LogP contribution in [-0.4, -0.2) is 27.4 Å². The van der Waals surface area contributed by atoms with Crippen LogP contribution in [0.2, 0.25) is 0 Å². The largest absolute Gasteiger partial charge is 0.367 e. The summed E-state index contributed by atoms with van der Waals surface area (Å²) in [6.07, 6.45) is 3.12. The van der Waals surface area contributed by atoms with Crippen molar-refractivity contribution < 1.29 is 9.13 Å². The number of aromatic nitrogens is 1. The molecule has 0 saturated heterocycles. The van der Waals surface area contributed by atoms with Crippen LogP contribution in [0.1, 0.15) is 5.56 Å². The van der Waals surface area contributed by atoms with Crippen LogP contribution in [-0.2, 0) is 17.3 Å². The number of benzene rings is 1. The monoisotopic (exact) mass is 305 g/mol. The van der Waals surface area contributed by atoms with E-state index in [4.69, 9.17) is 0 Å². The van der Waals surface area contributed by atoms with Crippen LogP contribution in [0.5, 0.6) is 0 Å². The first-order valence-corrected chi connectivity index (χ1v) is 7.77. The summed E-state index contributed by atoms with van der Waals surface area (Å²) in [5.74, 6) is -0.165. The quantitative estimate of drug-likeness (QED) is 0.626. The second-order valence-corrected chi connectivity index (χ2v) is 5.97. The summed E-state index contributed by atoms with van der Waals surface area (Å²) in [4.78, 5) is 16.6. The van der Waals surface area contributed by atoms with E-state index < -0.39 is 15.7 Å². The Kier molecular flexibility index (Phi) is 4.64. The zero-order chi connectivity index (χ0) is 15.4. The number of hydrogen-bond acceptors (Lipinski definition) is 5. The molecule has 0 bridgehead atoms. The van der Waals surface area contributed by atoms with Gasteiger partial charge in [-0.05, 0) is 33.7 Å². The van der Waals surface area contributed by atoms with Crippen molar-refractivity contribution in [2.45, 2.75) is 11.4 Å². The molecule has 0 aliphatic carbocycles. The third kappa shape index (κ3) is 3.85. The Balaban J connectivity index is 2.08. The minimum absolute atomic E-state index is 0.165. The molecule has 0 aliphatic heterocycles. The topological polar surface area (TPSA) is 76.3 Å². The minimum Gasteiger partial charge on any atom is -0.367 e. The van der Waals surface area contributed by atoms with Gasteiger partial charge in [0.2, 0.25) is 0 Å². The molecule has 0 spiro atoms. The molecule has 2 rings (SSSR count). The lowest BCUT2D eigenvalue weighted by Gasteiger charge is -2.17. The maximum Gasteiger partial charge on any atom is 0.363 e. The molecule has 0 saturated carbocycles. The van der Waals surface area contributed by atoms with E-state index in [9.17, 15) is 14.3 Å². The second kappa shape index (κ2) is 6.45.